The predicted octanol–water partition coefficient (Wildman–Crippen LogP) is 2.32. The minimum Gasteiger partial charge on any atom is -0.492 e. The van der Waals surface area contributed by atoms with Crippen LogP contribution in [0.3, 0.4) is 0 Å². The highest BCUT2D eigenvalue weighted by atomic mass is 16.5. The van der Waals surface area contributed by atoms with Crippen LogP contribution in [-0.4, -0.2) is 32.4 Å². The number of fused-ring (bicyclic) bond motifs is 1. The highest BCUT2D eigenvalue weighted by Crippen LogP contribution is 2.25. The van der Waals surface area contributed by atoms with Crippen LogP contribution in [0.4, 0.5) is 0 Å². The van der Waals surface area contributed by atoms with E-state index in [1.165, 1.54) is 43.2 Å². The van der Waals surface area contributed by atoms with E-state index < -0.39 is 0 Å². The van der Waals surface area contributed by atoms with E-state index in [0.29, 0.717) is 6.10 Å². The zero-order valence-electron chi connectivity index (χ0n) is 11.5. The van der Waals surface area contributed by atoms with Gasteiger partial charge in [0.1, 0.15) is 12.4 Å². The molecule has 1 aliphatic heterocycles. The van der Waals surface area contributed by atoms with Gasteiger partial charge in [-0.3, -0.25) is 0 Å². The van der Waals surface area contributed by atoms with E-state index in [1.807, 2.05) is 0 Å². The molecule has 3 nitrogen and oxygen atoms in total. The first kappa shape index (κ1) is 12.9. The van der Waals surface area contributed by atoms with Gasteiger partial charge in [0.05, 0.1) is 6.10 Å². The van der Waals surface area contributed by atoms with Crippen LogP contribution in [0.15, 0.2) is 18.2 Å². The molecule has 3 rings (SSSR count). The van der Waals surface area contributed by atoms with Gasteiger partial charge in [0.15, 0.2) is 0 Å². The van der Waals surface area contributed by atoms with Crippen LogP contribution in [0.25, 0.3) is 0 Å². The minimum atomic E-state index is 0.417. The van der Waals surface area contributed by atoms with E-state index in [1.54, 1.807) is 0 Å². The van der Waals surface area contributed by atoms with Gasteiger partial charge in [0.25, 0.3) is 0 Å². The molecular formula is C16H23NO2. The fourth-order valence-corrected chi connectivity index (χ4v) is 2.95. The molecule has 1 unspecified atom stereocenters. The summed E-state index contributed by atoms with van der Waals surface area (Å²) < 4.78 is 11.4. The second kappa shape index (κ2) is 6.40. The predicted molar refractivity (Wildman–Crippen MR) is 75.8 cm³/mol. The Morgan fingerprint density at radius 3 is 3.05 bits per heavy atom. The molecule has 3 heteroatoms. The van der Waals surface area contributed by atoms with Crippen molar-refractivity contribution in [2.24, 2.45) is 0 Å². The Bertz CT molecular complexity index is 413. The second-order valence-corrected chi connectivity index (χ2v) is 5.47. The van der Waals surface area contributed by atoms with Gasteiger partial charge in [0.2, 0.25) is 0 Å². The van der Waals surface area contributed by atoms with Crippen molar-refractivity contribution in [3.05, 3.63) is 29.3 Å². The van der Waals surface area contributed by atoms with Crippen molar-refractivity contribution in [1.29, 1.82) is 0 Å². The number of ether oxygens (including phenoxy) is 2. The lowest BCUT2D eigenvalue weighted by molar-refractivity contribution is 0.109. The molecule has 1 N–H and O–H groups in total. The highest BCUT2D eigenvalue weighted by Gasteiger charge is 2.14. The number of benzene rings is 1. The van der Waals surface area contributed by atoms with Crippen LogP contribution in [-0.2, 0) is 17.6 Å². The van der Waals surface area contributed by atoms with Crippen molar-refractivity contribution in [1.82, 2.24) is 5.32 Å². The average molecular weight is 261 g/mol. The van der Waals surface area contributed by atoms with E-state index in [-0.39, 0.29) is 0 Å². The van der Waals surface area contributed by atoms with E-state index >= 15 is 0 Å². The van der Waals surface area contributed by atoms with Crippen molar-refractivity contribution in [3.8, 4) is 5.75 Å². The summed E-state index contributed by atoms with van der Waals surface area (Å²) in [4.78, 5) is 0. The van der Waals surface area contributed by atoms with Gasteiger partial charge in [-0.05, 0) is 55.4 Å². The van der Waals surface area contributed by atoms with Gasteiger partial charge in [-0.25, -0.2) is 0 Å². The second-order valence-electron chi connectivity index (χ2n) is 5.47. The molecule has 1 aliphatic carbocycles. The van der Waals surface area contributed by atoms with Crippen molar-refractivity contribution < 1.29 is 9.47 Å². The first-order valence-electron chi connectivity index (χ1n) is 7.49. The first-order chi connectivity index (χ1) is 9.42. The lowest BCUT2D eigenvalue weighted by Gasteiger charge is -2.12. The summed E-state index contributed by atoms with van der Waals surface area (Å²) in [6, 6.07) is 6.53. The molecule has 1 atom stereocenters. The number of aryl methyl sites for hydroxylation is 2. The Morgan fingerprint density at radius 2 is 2.16 bits per heavy atom. The number of hydrogen-bond donors (Lipinski definition) is 1. The third-order valence-electron chi connectivity index (χ3n) is 4.01. The Balaban J connectivity index is 1.35. The Labute approximate surface area is 115 Å². The quantitative estimate of drug-likeness (QED) is 0.797. The van der Waals surface area contributed by atoms with Crippen molar-refractivity contribution in [2.45, 2.75) is 38.2 Å². The summed E-state index contributed by atoms with van der Waals surface area (Å²) >= 11 is 0. The standard InChI is InChI=1S/C16H23NO2/c1-3-13-6-7-15(11-14(13)4-1)19-10-8-17-12-16-5-2-9-18-16/h6-7,11,16-17H,1-5,8-10,12H2. The topological polar surface area (TPSA) is 30.5 Å². The fraction of sp³-hybridized carbons (Fsp3) is 0.625. The molecule has 1 aromatic carbocycles. The normalized spacial score (nSPS) is 21.6. The van der Waals surface area contributed by atoms with Crippen LogP contribution in [0.1, 0.15) is 30.4 Å². The van der Waals surface area contributed by atoms with Gasteiger partial charge < -0.3 is 14.8 Å². The van der Waals surface area contributed by atoms with Gasteiger partial charge >= 0.3 is 0 Å². The summed E-state index contributed by atoms with van der Waals surface area (Å²) in [5.74, 6) is 1.01. The molecule has 0 bridgehead atoms. The van der Waals surface area contributed by atoms with E-state index in [2.05, 4.69) is 23.5 Å². The van der Waals surface area contributed by atoms with Crippen molar-refractivity contribution >= 4 is 0 Å². The lowest BCUT2D eigenvalue weighted by Crippen LogP contribution is -2.29. The molecule has 1 heterocycles. The van der Waals surface area contributed by atoms with E-state index in [9.17, 15) is 0 Å². The van der Waals surface area contributed by atoms with Gasteiger partial charge in [0, 0.05) is 19.7 Å². The van der Waals surface area contributed by atoms with E-state index in [4.69, 9.17) is 9.47 Å². The zero-order valence-corrected chi connectivity index (χ0v) is 11.5. The van der Waals surface area contributed by atoms with Gasteiger partial charge in [-0.15, -0.1) is 0 Å². The van der Waals surface area contributed by atoms with Crippen molar-refractivity contribution in [2.75, 3.05) is 26.3 Å². The Morgan fingerprint density at radius 1 is 1.21 bits per heavy atom. The SMILES string of the molecule is c1cc2c(cc1OCCNCC1CCCO1)CCC2. The molecule has 0 aromatic heterocycles. The third-order valence-corrected chi connectivity index (χ3v) is 4.01. The minimum absolute atomic E-state index is 0.417. The molecule has 0 radical (unpaired) electrons. The highest BCUT2D eigenvalue weighted by molar-refractivity contribution is 5.38. The Kier molecular flexibility index (Phi) is 4.36. The largest absolute Gasteiger partial charge is 0.492 e. The molecule has 19 heavy (non-hydrogen) atoms. The monoisotopic (exact) mass is 261 g/mol. The number of nitrogens with one attached hydrogen (secondary N) is 1. The molecular weight excluding hydrogens is 238 g/mol. The first-order valence-corrected chi connectivity index (χ1v) is 7.49. The molecule has 1 aromatic rings. The zero-order chi connectivity index (χ0) is 12.9. The molecule has 2 aliphatic rings. The summed E-state index contributed by atoms with van der Waals surface area (Å²) in [5.41, 5.74) is 2.98. The van der Waals surface area contributed by atoms with Crippen LogP contribution >= 0.6 is 0 Å². The Hall–Kier alpha value is -1.06. The van der Waals surface area contributed by atoms with Crippen molar-refractivity contribution in [3.63, 3.8) is 0 Å². The van der Waals surface area contributed by atoms with Crippen LogP contribution < -0.4 is 10.1 Å². The molecule has 1 fully saturated rings. The van der Waals surface area contributed by atoms with Crippen LogP contribution in [0, 0.1) is 0 Å². The molecule has 0 spiro atoms. The van der Waals surface area contributed by atoms with E-state index in [0.717, 1.165) is 32.1 Å². The summed E-state index contributed by atoms with van der Waals surface area (Å²) in [6.45, 7) is 3.49. The maximum atomic E-state index is 5.79. The molecule has 0 amide bonds. The van der Waals surface area contributed by atoms with Crippen LogP contribution in [0.5, 0.6) is 5.75 Å². The maximum absolute atomic E-state index is 5.79. The molecule has 0 saturated carbocycles. The number of hydrogen-bond acceptors (Lipinski definition) is 3. The van der Waals surface area contributed by atoms with Gasteiger partial charge in [-0.1, -0.05) is 6.07 Å². The summed E-state index contributed by atoms with van der Waals surface area (Å²) in [6.07, 6.45) is 6.56. The number of rotatable bonds is 6. The van der Waals surface area contributed by atoms with Gasteiger partial charge in [-0.2, -0.15) is 0 Å². The summed E-state index contributed by atoms with van der Waals surface area (Å²) in [5, 5.41) is 3.40. The molecule has 104 valence electrons. The fourth-order valence-electron chi connectivity index (χ4n) is 2.95. The third kappa shape index (κ3) is 3.48. The smallest absolute Gasteiger partial charge is 0.119 e. The lowest BCUT2D eigenvalue weighted by atomic mass is 10.1. The average Bonchev–Trinajstić information content (AvgIpc) is 3.08. The van der Waals surface area contributed by atoms with Crippen LogP contribution in [0.2, 0.25) is 0 Å². The summed E-state index contributed by atoms with van der Waals surface area (Å²) in [7, 11) is 0. The maximum Gasteiger partial charge on any atom is 0.119 e. The molecule has 1 saturated heterocycles.